The summed E-state index contributed by atoms with van der Waals surface area (Å²) in [4.78, 5) is 2.23. The number of nitrogens with zero attached hydrogens (tertiary/aromatic N) is 1. The average Bonchev–Trinajstić information content (AvgIpc) is 2.68. The summed E-state index contributed by atoms with van der Waals surface area (Å²) in [7, 11) is 2.09. The number of benzene rings is 2. The van der Waals surface area contributed by atoms with Gasteiger partial charge < -0.3 is 10.0 Å². The van der Waals surface area contributed by atoms with Crippen molar-refractivity contribution in [3.63, 3.8) is 0 Å². The third-order valence-corrected chi connectivity index (χ3v) is 4.74. The Morgan fingerprint density at radius 2 is 1.48 bits per heavy atom. The number of aliphatic hydroxyl groups excluding tert-OH is 1. The van der Waals surface area contributed by atoms with E-state index < -0.39 is 6.10 Å². The zero-order chi connectivity index (χ0) is 14.7. The second-order valence-electron chi connectivity index (χ2n) is 6.08. The minimum absolute atomic E-state index is 0.298. The lowest BCUT2D eigenvalue weighted by molar-refractivity contribution is 0.0814. The Labute approximate surface area is 127 Å². The van der Waals surface area contributed by atoms with E-state index in [4.69, 9.17) is 0 Å². The highest BCUT2D eigenvalue weighted by atomic mass is 16.3. The summed E-state index contributed by atoms with van der Waals surface area (Å²) in [5.74, 6) is 0. The lowest BCUT2D eigenvalue weighted by Gasteiger charge is -2.38. The predicted molar refractivity (Wildman–Crippen MR) is 86.4 cm³/mol. The number of likely N-dealkylation sites (N-methyl/N-ethyl adjacent to an activating group) is 1. The quantitative estimate of drug-likeness (QED) is 0.914. The Morgan fingerprint density at radius 1 is 0.952 bits per heavy atom. The highest BCUT2D eigenvalue weighted by Crippen LogP contribution is 2.41. The summed E-state index contributed by atoms with van der Waals surface area (Å²) in [6, 6.07) is 21.0. The molecule has 0 radical (unpaired) electrons. The van der Waals surface area contributed by atoms with Crippen molar-refractivity contribution in [2.45, 2.75) is 24.4 Å². The highest BCUT2D eigenvalue weighted by molar-refractivity contribution is 5.41. The molecule has 1 unspecified atom stereocenters. The molecule has 110 valence electrons. The van der Waals surface area contributed by atoms with Gasteiger partial charge in [0.15, 0.2) is 0 Å². The van der Waals surface area contributed by atoms with E-state index in [-0.39, 0.29) is 5.41 Å². The van der Waals surface area contributed by atoms with Gasteiger partial charge in [-0.2, -0.15) is 0 Å². The Balaban J connectivity index is 2.15. The fourth-order valence-electron chi connectivity index (χ4n) is 3.65. The van der Waals surface area contributed by atoms with Gasteiger partial charge in [0.2, 0.25) is 0 Å². The molecular formula is C19H23NO. The third kappa shape index (κ3) is 2.61. The summed E-state index contributed by atoms with van der Waals surface area (Å²) in [5, 5.41) is 11.0. The van der Waals surface area contributed by atoms with Crippen molar-refractivity contribution in [1.82, 2.24) is 4.90 Å². The van der Waals surface area contributed by atoms with Gasteiger partial charge in [-0.3, -0.25) is 0 Å². The van der Waals surface area contributed by atoms with E-state index in [9.17, 15) is 5.11 Å². The number of likely N-dealkylation sites (tertiary alicyclic amines) is 1. The van der Waals surface area contributed by atoms with E-state index in [0.29, 0.717) is 6.54 Å². The van der Waals surface area contributed by atoms with Crippen LogP contribution < -0.4 is 0 Å². The van der Waals surface area contributed by atoms with Gasteiger partial charge in [-0.15, -0.1) is 0 Å². The van der Waals surface area contributed by atoms with E-state index in [1.165, 1.54) is 11.1 Å². The van der Waals surface area contributed by atoms with Crippen molar-refractivity contribution in [2.24, 2.45) is 0 Å². The lowest BCUT2D eigenvalue weighted by Crippen LogP contribution is -2.44. The molecule has 0 bridgehead atoms. The molecule has 2 aromatic rings. The van der Waals surface area contributed by atoms with Crippen LogP contribution in [0, 0.1) is 0 Å². The van der Waals surface area contributed by atoms with Crippen molar-refractivity contribution >= 4 is 0 Å². The Morgan fingerprint density at radius 3 is 2.00 bits per heavy atom. The topological polar surface area (TPSA) is 23.5 Å². The Hall–Kier alpha value is -1.64. The van der Waals surface area contributed by atoms with Crippen molar-refractivity contribution in [3.05, 3.63) is 71.8 Å². The maximum Gasteiger partial charge on any atom is 0.0803 e. The molecule has 2 heteroatoms. The third-order valence-electron chi connectivity index (χ3n) is 4.74. The van der Waals surface area contributed by atoms with Gasteiger partial charge in [0.1, 0.15) is 0 Å². The molecule has 1 saturated heterocycles. The summed E-state index contributed by atoms with van der Waals surface area (Å²) in [6.07, 6.45) is 1.68. The van der Waals surface area contributed by atoms with E-state index in [1.807, 2.05) is 12.1 Å². The van der Waals surface area contributed by atoms with E-state index in [2.05, 4.69) is 60.5 Å². The molecule has 0 aromatic heterocycles. The lowest BCUT2D eigenvalue weighted by atomic mass is 9.68. The molecule has 0 amide bonds. The normalized spacial score (nSPS) is 22.7. The summed E-state index contributed by atoms with van der Waals surface area (Å²) in [5.41, 5.74) is 2.14. The molecule has 0 spiro atoms. The highest BCUT2D eigenvalue weighted by Gasteiger charge is 2.42. The summed E-state index contributed by atoms with van der Waals surface area (Å²) < 4.78 is 0. The van der Waals surface area contributed by atoms with Crippen LogP contribution in [0.1, 0.15) is 24.0 Å². The SMILES string of the molecule is CN1CCCC(c2ccccc2)(c2ccccc2)C(O)C1. The van der Waals surface area contributed by atoms with Crippen LogP contribution in [0.2, 0.25) is 0 Å². The fourth-order valence-corrected chi connectivity index (χ4v) is 3.65. The minimum Gasteiger partial charge on any atom is -0.391 e. The van der Waals surface area contributed by atoms with Gasteiger partial charge in [-0.1, -0.05) is 60.7 Å². The average molecular weight is 281 g/mol. The van der Waals surface area contributed by atoms with Crippen molar-refractivity contribution in [2.75, 3.05) is 20.1 Å². The molecule has 1 N–H and O–H groups in total. The monoisotopic (exact) mass is 281 g/mol. The second kappa shape index (κ2) is 6.00. The van der Waals surface area contributed by atoms with Crippen LogP contribution >= 0.6 is 0 Å². The molecule has 2 nitrogen and oxygen atoms in total. The molecule has 1 heterocycles. The predicted octanol–water partition coefficient (Wildman–Crippen LogP) is 3.06. The second-order valence-corrected chi connectivity index (χ2v) is 6.08. The first kappa shape index (κ1) is 14.3. The molecule has 21 heavy (non-hydrogen) atoms. The minimum atomic E-state index is -0.394. The van der Waals surface area contributed by atoms with Crippen LogP contribution in [0.4, 0.5) is 0 Å². The largest absolute Gasteiger partial charge is 0.391 e. The number of hydrogen-bond donors (Lipinski definition) is 1. The van der Waals surface area contributed by atoms with Gasteiger partial charge in [0.25, 0.3) is 0 Å². The molecule has 2 aromatic carbocycles. The maximum absolute atomic E-state index is 11.0. The standard InChI is InChI=1S/C19H23NO/c1-20-14-8-13-19(18(21)15-20,16-9-4-2-5-10-16)17-11-6-3-7-12-17/h2-7,9-12,18,21H,8,13-15H2,1H3. The van der Waals surface area contributed by atoms with Gasteiger partial charge in [-0.25, -0.2) is 0 Å². The number of hydrogen-bond acceptors (Lipinski definition) is 2. The van der Waals surface area contributed by atoms with Crippen molar-refractivity contribution in [3.8, 4) is 0 Å². The first-order chi connectivity index (χ1) is 10.2. The van der Waals surface area contributed by atoms with Crippen LogP contribution in [0.3, 0.4) is 0 Å². The molecule has 0 saturated carbocycles. The zero-order valence-electron chi connectivity index (χ0n) is 12.6. The fraction of sp³-hybridized carbons (Fsp3) is 0.368. The zero-order valence-corrected chi connectivity index (χ0v) is 12.6. The first-order valence-electron chi connectivity index (χ1n) is 7.71. The molecule has 0 aliphatic carbocycles. The van der Waals surface area contributed by atoms with Crippen LogP contribution in [0.25, 0.3) is 0 Å². The Bertz CT molecular complexity index is 527. The van der Waals surface area contributed by atoms with Crippen molar-refractivity contribution in [1.29, 1.82) is 0 Å². The van der Waals surface area contributed by atoms with E-state index >= 15 is 0 Å². The van der Waals surface area contributed by atoms with Gasteiger partial charge in [0.05, 0.1) is 6.10 Å². The van der Waals surface area contributed by atoms with Crippen LogP contribution in [0.15, 0.2) is 60.7 Å². The van der Waals surface area contributed by atoms with Gasteiger partial charge in [-0.05, 0) is 37.6 Å². The van der Waals surface area contributed by atoms with E-state index in [0.717, 1.165) is 19.4 Å². The first-order valence-corrected chi connectivity index (χ1v) is 7.71. The summed E-state index contributed by atoms with van der Waals surface area (Å²) in [6.45, 7) is 1.75. The number of aliphatic hydroxyl groups is 1. The van der Waals surface area contributed by atoms with Gasteiger partial charge in [0, 0.05) is 12.0 Å². The molecule has 3 rings (SSSR count). The molecular weight excluding hydrogens is 258 g/mol. The van der Waals surface area contributed by atoms with Crippen LogP contribution in [-0.2, 0) is 5.41 Å². The van der Waals surface area contributed by atoms with Crippen molar-refractivity contribution < 1.29 is 5.11 Å². The molecule has 1 atom stereocenters. The van der Waals surface area contributed by atoms with E-state index in [1.54, 1.807) is 0 Å². The number of rotatable bonds is 2. The van der Waals surface area contributed by atoms with Crippen LogP contribution in [-0.4, -0.2) is 36.2 Å². The Kier molecular flexibility index (Phi) is 4.09. The summed E-state index contributed by atoms with van der Waals surface area (Å²) >= 11 is 0. The smallest absolute Gasteiger partial charge is 0.0803 e. The molecule has 1 aliphatic rings. The number of β-amino-alcohol motifs (C(OH)–C–C–N with tert-alkyl or cyclic N) is 1. The molecule has 1 aliphatic heterocycles. The van der Waals surface area contributed by atoms with Gasteiger partial charge >= 0.3 is 0 Å². The van der Waals surface area contributed by atoms with Crippen LogP contribution in [0.5, 0.6) is 0 Å². The molecule has 1 fully saturated rings. The maximum atomic E-state index is 11.0.